The predicted molar refractivity (Wildman–Crippen MR) is 94.4 cm³/mol. The number of rotatable bonds is 7. The summed E-state index contributed by atoms with van der Waals surface area (Å²) in [5.41, 5.74) is 2.77. The molecule has 6 nitrogen and oxygen atoms in total. The van der Waals surface area contributed by atoms with Crippen molar-refractivity contribution in [2.75, 3.05) is 6.54 Å². The van der Waals surface area contributed by atoms with Crippen LogP contribution in [0.5, 0.6) is 0 Å². The minimum absolute atomic E-state index is 0.135. The van der Waals surface area contributed by atoms with Crippen LogP contribution in [-0.4, -0.2) is 32.2 Å². The summed E-state index contributed by atoms with van der Waals surface area (Å²) in [5.74, 6) is 1.40. The molecule has 1 aliphatic rings. The molecular formula is C19H21N5O. The van der Waals surface area contributed by atoms with Gasteiger partial charge in [-0.1, -0.05) is 30.3 Å². The molecule has 1 amide bonds. The third-order valence-corrected chi connectivity index (χ3v) is 4.48. The van der Waals surface area contributed by atoms with Gasteiger partial charge in [0.1, 0.15) is 11.5 Å². The highest BCUT2D eigenvalue weighted by molar-refractivity contribution is 5.92. The molecule has 2 heterocycles. The second-order valence-corrected chi connectivity index (χ2v) is 6.45. The topological polar surface area (TPSA) is 75.6 Å². The van der Waals surface area contributed by atoms with E-state index in [1.165, 1.54) is 18.4 Å². The average Bonchev–Trinajstić information content (AvgIpc) is 3.20. The Bertz CT molecular complexity index is 848. The van der Waals surface area contributed by atoms with Gasteiger partial charge in [-0.3, -0.25) is 9.89 Å². The first-order chi connectivity index (χ1) is 12.3. The summed E-state index contributed by atoms with van der Waals surface area (Å²) in [6.45, 7) is 1.32. The maximum atomic E-state index is 12.2. The molecule has 128 valence electrons. The molecule has 0 bridgehead atoms. The number of aromatic amines is 1. The summed E-state index contributed by atoms with van der Waals surface area (Å²) in [6, 6.07) is 12.1. The van der Waals surface area contributed by atoms with Crippen LogP contribution in [-0.2, 0) is 13.0 Å². The first-order valence-corrected chi connectivity index (χ1v) is 8.67. The van der Waals surface area contributed by atoms with E-state index in [0.29, 0.717) is 24.6 Å². The van der Waals surface area contributed by atoms with Gasteiger partial charge < -0.3 is 9.88 Å². The largest absolute Gasteiger partial charge is 0.350 e. The fraction of sp³-hybridized carbons (Fsp3) is 0.316. The molecule has 0 unspecified atom stereocenters. The molecular weight excluding hydrogens is 314 g/mol. The van der Waals surface area contributed by atoms with E-state index in [2.05, 4.69) is 37.2 Å². The summed E-state index contributed by atoms with van der Waals surface area (Å²) in [6.07, 6.45) is 6.83. The molecule has 4 rings (SSSR count). The van der Waals surface area contributed by atoms with Crippen LogP contribution in [0, 0.1) is 0 Å². The van der Waals surface area contributed by atoms with Crippen LogP contribution in [0.3, 0.4) is 0 Å². The predicted octanol–water partition coefficient (Wildman–Crippen LogP) is 2.50. The van der Waals surface area contributed by atoms with E-state index in [-0.39, 0.29) is 5.91 Å². The third kappa shape index (κ3) is 3.79. The highest BCUT2D eigenvalue weighted by Gasteiger charge is 2.26. The van der Waals surface area contributed by atoms with Crippen molar-refractivity contribution in [2.24, 2.45) is 0 Å². The number of H-pyrrole nitrogens is 1. The maximum absolute atomic E-state index is 12.2. The van der Waals surface area contributed by atoms with Gasteiger partial charge in [-0.2, -0.15) is 5.10 Å². The number of carbonyl (C=O) groups is 1. The second kappa shape index (κ2) is 6.93. The molecule has 0 atom stereocenters. The van der Waals surface area contributed by atoms with Crippen LogP contribution < -0.4 is 5.32 Å². The van der Waals surface area contributed by atoms with Crippen LogP contribution >= 0.6 is 0 Å². The van der Waals surface area contributed by atoms with Gasteiger partial charge in [-0.15, -0.1) is 0 Å². The fourth-order valence-electron chi connectivity index (χ4n) is 2.93. The molecule has 1 fully saturated rings. The smallest absolute Gasteiger partial charge is 0.271 e. The Kier molecular flexibility index (Phi) is 4.33. The van der Waals surface area contributed by atoms with Crippen molar-refractivity contribution < 1.29 is 4.79 Å². The van der Waals surface area contributed by atoms with Gasteiger partial charge >= 0.3 is 0 Å². The number of benzene rings is 1. The molecule has 1 saturated carbocycles. The summed E-state index contributed by atoms with van der Waals surface area (Å²) >= 11 is 0. The van der Waals surface area contributed by atoms with Crippen molar-refractivity contribution >= 4 is 5.91 Å². The van der Waals surface area contributed by atoms with Crippen molar-refractivity contribution in [3.63, 3.8) is 0 Å². The van der Waals surface area contributed by atoms with E-state index < -0.39 is 0 Å². The van der Waals surface area contributed by atoms with Gasteiger partial charge in [-0.05, 0) is 24.5 Å². The van der Waals surface area contributed by atoms with Crippen LogP contribution in [0.1, 0.15) is 46.3 Å². The van der Waals surface area contributed by atoms with Crippen molar-refractivity contribution in [3.8, 4) is 0 Å². The molecule has 0 radical (unpaired) electrons. The van der Waals surface area contributed by atoms with Crippen molar-refractivity contribution in [2.45, 2.75) is 31.7 Å². The number of amides is 1. The molecule has 0 spiro atoms. The van der Waals surface area contributed by atoms with Crippen LogP contribution in [0.4, 0.5) is 0 Å². The lowest BCUT2D eigenvalue weighted by molar-refractivity contribution is 0.0949. The van der Waals surface area contributed by atoms with Crippen LogP contribution in [0.15, 0.2) is 48.8 Å². The lowest BCUT2D eigenvalue weighted by atomic mass is 10.2. The Balaban J connectivity index is 1.31. The standard InChI is InChI=1S/C19H21N5O/c25-19(17-12-16(22-23-17)15-6-7-15)21-9-8-18-20-10-11-24(18)13-14-4-2-1-3-5-14/h1-5,10-12,15H,6-9,13H2,(H,21,25)(H,22,23). The Morgan fingerprint density at radius 1 is 1.28 bits per heavy atom. The SMILES string of the molecule is O=C(NCCc1nccn1Cc1ccccc1)c1cc(C2CC2)[nH]n1. The molecule has 2 N–H and O–H groups in total. The highest BCUT2D eigenvalue weighted by atomic mass is 16.1. The molecule has 1 aliphatic carbocycles. The van der Waals surface area contributed by atoms with E-state index >= 15 is 0 Å². The number of nitrogens with zero attached hydrogens (tertiary/aromatic N) is 3. The van der Waals surface area contributed by atoms with Gasteiger partial charge in [0.15, 0.2) is 0 Å². The zero-order chi connectivity index (χ0) is 17.1. The average molecular weight is 335 g/mol. The number of aromatic nitrogens is 4. The molecule has 6 heteroatoms. The summed E-state index contributed by atoms with van der Waals surface area (Å²) in [5, 5.41) is 10.00. The Hall–Kier alpha value is -2.89. The van der Waals surface area contributed by atoms with Crippen LogP contribution in [0.2, 0.25) is 0 Å². The number of hydrogen-bond acceptors (Lipinski definition) is 3. The third-order valence-electron chi connectivity index (χ3n) is 4.48. The van der Waals surface area contributed by atoms with E-state index in [0.717, 1.165) is 18.1 Å². The van der Waals surface area contributed by atoms with Crippen LogP contribution in [0.25, 0.3) is 0 Å². The minimum atomic E-state index is -0.135. The number of imidazole rings is 1. The summed E-state index contributed by atoms with van der Waals surface area (Å²) in [4.78, 5) is 16.6. The van der Waals surface area contributed by atoms with Gasteiger partial charge in [-0.25, -0.2) is 4.98 Å². The fourth-order valence-corrected chi connectivity index (χ4v) is 2.93. The minimum Gasteiger partial charge on any atom is -0.350 e. The normalized spacial score (nSPS) is 13.8. The van der Waals surface area contributed by atoms with Gasteiger partial charge in [0.25, 0.3) is 5.91 Å². The Morgan fingerprint density at radius 2 is 2.12 bits per heavy atom. The number of carbonyl (C=O) groups excluding carboxylic acids is 1. The zero-order valence-electron chi connectivity index (χ0n) is 14.0. The molecule has 2 aromatic heterocycles. The molecule has 25 heavy (non-hydrogen) atoms. The maximum Gasteiger partial charge on any atom is 0.271 e. The Labute approximate surface area is 146 Å². The first kappa shape index (κ1) is 15.6. The molecule has 3 aromatic rings. The van der Waals surface area contributed by atoms with Gasteiger partial charge in [0, 0.05) is 43.5 Å². The van der Waals surface area contributed by atoms with E-state index in [4.69, 9.17) is 0 Å². The van der Waals surface area contributed by atoms with Crippen molar-refractivity contribution in [1.29, 1.82) is 0 Å². The summed E-state index contributed by atoms with van der Waals surface area (Å²) < 4.78 is 2.11. The van der Waals surface area contributed by atoms with E-state index in [9.17, 15) is 4.79 Å². The number of hydrogen-bond donors (Lipinski definition) is 2. The summed E-state index contributed by atoms with van der Waals surface area (Å²) in [7, 11) is 0. The second-order valence-electron chi connectivity index (χ2n) is 6.45. The molecule has 0 saturated heterocycles. The zero-order valence-corrected chi connectivity index (χ0v) is 14.0. The monoisotopic (exact) mass is 335 g/mol. The lowest BCUT2D eigenvalue weighted by Gasteiger charge is -2.08. The van der Waals surface area contributed by atoms with E-state index in [1.807, 2.05) is 30.5 Å². The molecule has 0 aliphatic heterocycles. The molecule has 1 aromatic carbocycles. The quantitative estimate of drug-likeness (QED) is 0.696. The Morgan fingerprint density at radius 3 is 2.92 bits per heavy atom. The van der Waals surface area contributed by atoms with Crippen molar-refractivity contribution in [1.82, 2.24) is 25.1 Å². The van der Waals surface area contributed by atoms with Gasteiger partial charge in [0.05, 0.1) is 0 Å². The van der Waals surface area contributed by atoms with Gasteiger partial charge in [0.2, 0.25) is 0 Å². The number of nitrogens with one attached hydrogen (secondary N) is 2. The first-order valence-electron chi connectivity index (χ1n) is 8.67. The van der Waals surface area contributed by atoms with Crippen molar-refractivity contribution in [3.05, 3.63) is 71.6 Å². The highest BCUT2D eigenvalue weighted by Crippen LogP contribution is 2.38. The lowest BCUT2D eigenvalue weighted by Crippen LogP contribution is -2.26. The van der Waals surface area contributed by atoms with E-state index in [1.54, 1.807) is 6.20 Å².